The third kappa shape index (κ3) is 4.10. The minimum absolute atomic E-state index is 0.0733. The number of alkyl halides is 3. The van der Waals surface area contributed by atoms with Crippen LogP contribution in [0.5, 0.6) is 5.75 Å². The largest absolute Gasteiger partial charge is 0.522 e. The van der Waals surface area contributed by atoms with Crippen molar-refractivity contribution in [3.8, 4) is 5.75 Å². The van der Waals surface area contributed by atoms with Crippen LogP contribution in [0.25, 0.3) is 0 Å². The number of hydrogen-bond acceptors (Lipinski definition) is 5. The predicted octanol–water partition coefficient (Wildman–Crippen LogP) is 3.70. The Morgan fingerprint density at radius 2 is 1.97 bits per heavy atom. The van der Waals surface area contributed by atoms with Gasteiger partial charge in [0.25, 0.3) is 0 Å². The van der Waals surface area contributed by atoms with Crippen LogP contribution in [-0.4, -0.2) is 41.4 Å². The van der Waals surface area contributed by atoms with Gasteiger partial charge in [-0.05, 0) is 55.2 Å². The highest BCUT2D eigenvalue weighted by atomic mass is 35.5. The molecule has 6 nitrogen and oxygen atoms in total. The zero-order valence-electron chi connectivity index (χ0n) is 17.1. The van der Waals surface area contributed by atoms with E-state index in [1.807, 2.05) is 0 Å². The fourth-order valence-corrected chi connectivity index (χ4v) is 5.91. The van der Waals surface area contributed by atoms with E-state index in [9.17, 15) is 27.9 Å². The zero-order chi connectivity index (χ0) is 22.9. The third-order valence-electron chi connectivity index (χ3n) is 7.19. The van der Waals surface area contributed by atoms with E-state index in [2.05, 4.69) is 10.1 Å². The maximum absolute atomic E-state index is 12.8. The van der Waals surface area contributed by atoms with Gasteiger partial charge in [0.15, 0.2) is 11.9 Å². The van der Waals surface area contributed by atoms with Gasteiger partial charge in [-0.1, -0.05) is 11.6 Å². The van der Waals surface area contributed by atoms with Gasteiger partial charge in [0.1, 0.15) is 5.75 Å². The number of Topliss-reactive ketones (excluding diaryl/α,β-unsaturated/α-hetero) is 1. The molecule has 5 aliphatic rings. The molecule has 1 amide bonds. The zero-order valence-corrected chi connectivity index (χ0v) is 17.8. The first-order chi connectivity index (χ1) is 15.0. The molecule has 6 rings (SSSR count). The van der Waals surface area contributed by atoms with Crippen molar-refractivity contribution < 1.29 is 37.3 Å². The van der Waals surface area contributed by atoms with Crippen LogP contribution >= 0.6 is 11.6 Å². The first kappa shape index (κ1) is 22.0. The van der Waals surface area contributed by atoms with Crippen molar-refractivity contribution in [3.63, 3.8) is 0 Å². The molecule has 0 saturated heterocycles. The SMILES string of the molecule is O=C(CC12CC(NC(=O)[C@@H]3C[C@@H]3COC(F)(F)F)(C1)C2)[C@H]1C[C@@H](O)c2cc(Cl)ccc2O1. The number of hydrogen-bond donors (Lipinski definition) is 2. The number of ketones is 1. The molecule has 2 bridgehead atoms. The number of benzene rings is 1. The van der Waals surface area contributed by atoms with Gasteiger partial charge in [-0.15, -0.1) is 13.2 Å². The van der Waals surface area contributed by atoms with E-state index in [-0.39, 0.29) is 29.1 Å². The van der Waals surface area contributed by atoms with E-state index in [0.717, 1.165) is 0 Å². The highest BCUT2D eigenvalue weighted by Crippen LogP contribution is 2.69. The summed E-state index contributed by atoms with van der Waals surface area (Å²) in [5.41, 5.74) is 0.0696. The van der Waals surface area contributed by atoms with E-state index in [1.54, 1.807) is 18.2 Å². The Labute approximate surface area is 187 Å². The number of aliphatic hydroxyl groups excluding tert-OH is 1. The van der Waals surface area contributed by atoms with Crippen LogP contribution in [0.15, 0.2) is 18.2 Å². The van der Waals surface area contributed by atoms with Gasteiger partial charge in [-0.3, -0.25) is 14.3 Å². The number of ether oxygens (including phenoxy) is 2. The third-order valence-corrected chi connectivity index (χ3v) is 7.43. The van der Waals surface area contributed by atoms with E-state index in [0.29, 0.717) is 48.4 Å². The summed E-state index contributed by atoms with van der Waals surface area (Å²) in [6, 6.07) is 4.93. The number of fused-ring (bicyclic) bond motifs is 1. The molecule has 10 heteroatoms. The minimum atomic E-state index is -4.68. The van der Waals surface area contributed by atoms with Gasteiger partial charge in [0.2, 0.25) is 5.91 Å². The fraction of sp³-hybridized carbons (Fsp3) is 0.636. The first-order valence-corrected chi connectivity index (χ1v) is 11.0. The minimum Gasteiger partial charge on any atom is -0.482 e. The molecule has 0 unspecified atom stereocenters. The molecule has 0 spiro atoms. The molecule has 0 aromatic heterocycles. The van der Waals surface area contributed by atoms with Crippen molar-refractivity contribution in [2.45, 2.75) is 62.6 Å². The van der Waals surface area contributed by atoms with Crippen molar-refractivity contribution >= 4 is 23.3 Å². The molecule has 4 saturated carbocycles. The molecule has 4 aliphatic carbocycles. The van der Waals surface area contributed by atoms with Crippen molar-refractivity contribution in [2.75, 3.05) is 6.61 Å². The highest BCUT2D eigenvalue weighted by Gasteiger charge is 2.69. The lowest BCUT2D eigenvalue weighted by atomic mass is 9.38. The fourth-order valence-electron chi connectivity index (χ4n) is 5.73. The van der Waals surface area contributed by atoms with E-state index >= 15 is 0 Å². The van der Waals surface area contributed by atoms with Gasteiger partial charge in [0, 0.05) is 34.9 Å². The van der Waals surface area contributed by atoms with Crippen LogP contribution in [0.4, 0.5) is 13.2 Å². The first-order valence-electron chi connectivity index (χ1n) is 10.7. The topological polar surface area (TPSA) is 84.9 Å². The predicted molar refractivity (Wildman–Crippen MR) is 106 cm³/mol. The number of nitrogens with one attached hydrogen (secondary N) is 1. The van der Waals surface area contributed by atoms with Crippen molar-refractivity contribution in [1.29, 1.82) is 0 Å². The molecule has 4 fully saturated rings. The molecule has 1 aliphatic heterocycles. The highest BCUT2D eigenvalue weighted by molar-refractivity contribution is 6.30. The van der Waals surface area contributed by atoms with Crippen LogP contribution in [0.1, 0.15) is 50.2 Å². The van der Waals surface area contributed by atoms with Gasteiger partial charge in [0.05, 0.1) is 12.7 Å². The lowest BCUT2D eigenvalue weighted by Crippen LogP contribution is -2.75. The second kappa shape index (κ2) is 7.33. The number of carbonyl (C=O) groups excluding carboxylic acids is 2. The molecular weight excluding hydrogens is 451 g/mol. The van der Waals surface area contributed by atoms with Crippen LogP contribution < -0.4 is 10.1 Å². The Kier molecular flexibility index (Phi) is 5.04. The quantitative estimate of drug-likeness (QED) is 0.631. The average molecular weight is 474 g/mol. The van der Waals surface area contributed by atoms with E-state index in [4.69, 9.17) is 16.3 Å². The Morgan fingerprint density at radius 3 is 2.66 bits per heavy atom. The Morgan fingerprint density at radius 1 is 1.25 bits per heavy atom. The summed E-state index contributed by atoms with van der Waals surface area (Å²) in [7, 11) is 0. The number of amides is 1. The summed E-state index contributed by atoms with van der Waals surface area (Å²) >= 11 is 5.96. The number of aliphatic hydroxyl groups is 1. The Bertz CT molecular complexity index is 948. The molecule has 174 valence electrons. The second-order valence-corrected chi connectivity index (χ2v) is 10.3. The van der Waals surface area contributed by atoms with Crippen molar-refractivity contribution in [2.24, 2.45) is 17.3 Å². The molecule has 0 radical (unpaired) electrons. The molecule has 32 heavy (non-hydrogen) atoms. The lowest BCUT2D eigenvalue weighted by molar-refractivity contribution is -0.326. The summed E-state index contributed by atoms with van der Waals surface area (Å²) in [6.45, 7) is -0.490. The molecule has 1 aromatic carbocycles. The summed E-state index contributed by atoms with van der Waals surface area (Å²) in [5, 5.41) is 13.8. The summed E-state index contributed by atoms with van der Waals surface area (Å²) < 4.78 is 46.0. The lowest BCUT2D eigenvalue weighted by Gasteiger charge is -2.70. The van der Waals surface area contributed by atoms with Crippen LogP contribution in [-0.2, 0) is 14.3 Å². The summed E-state index contributed by atoms with van der Waals surface area (Å²) in [5.74, 6) is -0.673. The molecule has 2 N–H and O–H groups in total. The molecule has 4 atom stereocenters. The second-order valence-electron chi connectivity index (χ2n) is 9.84. The normalized spacial score (nSPS) is 36.8. The number of rotatable bonds is 7. The van der Waals surface area contributed by atoms with Crippen LogP contribution in [0.2, 0.25) is 5.02 Å². The van der Waals surface area contributed by atoms with Gasteiger partial charge in [-0.25, -0.2) is 0 Å². The summed E-state index contributed by atoms with van der Waals surface area (Å²) in [4.78, 5) is 25.2. The van der Waals surface area contributed by atoms with Crippen LogP contribution in [0.3, 0.4) is 0 Å². The maximum atomic E-state index is 12.8. The monoisotopic (exact) mass is 473 g/mol. The van der Waals surface area contributed by atoms with Crippen molar-refractivity contribution in [3.05, 3.63) is 28.8 Å². The van der Waals surface area contributed by atoms with E-state index in [1.165, 1.54) is 0 Å². The molecular formula is C22H23ClF3NO5. The van der Waals surface area contributed by atoms with Gasteiger partial charge < -0.3 is 15.2 Å². The van der Waals surface area contributed by atoms with Gasteiger partial charge >= 0.3 is 6.36 Å². The van der Waals surface area contributed by atoms with E-state index < -0.39 is 37.0 Å². The summed E-state index contributed by atoms with van der Waals surface area (Å²) in [6.07, 6.45) is -3.31. The van der Waals surface area contributed by atoms with Crippen LogP contribution in [0, 0.1) is 17.3 Å². The van der Waals surface area contributed by atoms with Crippen molar-refractivity contribution in [1.82, 2.24) is 5.32 Å². The smallest absolute Gasteiger partial charge is 0.482 e. The Balaban J connectivity index is 1.09. The number of carbonyl (C=O) groups is 2. The maximum Gasteiger partial charge on any atom is 0.522 e. The number of halogens is 4. The van der Waals surface area contributed by atoms with Gasteiger partial charge in [-0.2, -0.15) is 0 Å². The molecule has 1 heterocycles. The Hall–Kier alpha value is -1.84. The average Bonchev–Trinajstić information content (AvgIpc) is 3.43. The molecule has 1 aromatic rings. The standard InChI is InChI=1S/C22H23ClF3NO5/c23-12-1-2-17-14(4-12)15(28)5-18(32-17)16(29)6-20-8-21(9-20,10-20)27-19(30)13-3-11(13)7-31-22(24,25)26/h1-2,4,11,13,15,18,28H,3,5-10H2,(H,27,30)/t11-,13-,15-,18-,20?,21?/m1/s1.